The van der Waals surface area contributed by atoms with Crippen molar-refractivity contribution in [2.45, 2.75) is 22.3 Å². The zero-order chi connectivity index (χ0) is 27.9. The van der Waals surface area contributed by atoms with Gasteiger partial charge in [-0.05, 0) is 53.9 Å². The number of hydrogen-bond acceptors (Lipinski definition) is 7. The molecule has 5 rings (SSSR count). The van der Waals surface area contributed by atoms with E-state index in [0.717, 1.165) is 54.6 Å². The Morgan fingerprint density at radius 1 is 1.00 bits per heavy atom. The zero-order valence-electron chi connectivity index (χ0n) is 21.1. The van der Waals surface area contributed by atoms with Gasteiger partial charge in [-0.3, -0.25) is 9.80 Å². The van der Waals surface area contributed by atoms with Gasteiger partial charge in [0.05, 0.1) is 6.54 Å². The van der Waals surface area contributed by atoms with E-state index < -0.39 is 11.9 Å². The Morgan fingerprint density at radius 3 is 2.33 bits per heavy atom. The number of carboxylic acid groups (broad SMARTS) is 2. The lowest BCUT2D eigenvalue weighted by molar-refractivity contribution is -0.134. The fourth-order valence-electron chi connectivity index (χ4n) is 4.77. The molecular weight excluding hydrogens is 549 g/mol. The van der Waals surface area contributed by atoms with Crippen molar-refractivity contribution in [3.8, 4) is 0 Å². The lowest BCUT2D eigenvalue weighted by atomic mass is 9.96. The van der Waals surface area contributed by atoms with Crippen molar-refractivity contribution >= 4 is 41.4 Å². The molecule has 2 N–H and O–H groups in total. The van der Waals surface area contributed by atoms with Gasteiger partial charge in [-0.1, -0.05) is 23.4 Å². The Kier molecular flexibility index (Phi) is 9.84. The molecule has 208 valence electrons. The van der Waals surface area contributed by atoms with Gasteiger partial charge in [0.25, 0.3) is 0 Å². The van der Waals surface area contributed by atoms with Crippen LogP contribution in [0.1, 0.15) is 17.2 Å². The summed E-state index contributed by atoms with van der Waals surface area (Å²) in [5.41, 5.74) is 2.28. The largest absolute Gasteiger partial charge is 0.478 e. The number of fused-ring (bicyclic) bond motifs is 2. The fraction of sp³-hybridized carbons (Fsp3) is 0.370. The van der Waals surface area contributed by atoms with Gasteiger partial charge in [-0.2, -0.15) is 0 Å². The first-order valence-electron chi connectivity index (χ1n) is 12.5. The average molecular weight is 578 g/mol. The highest BCUT2D eigenvalue weighted by Gasteiger charge is 2.31. The first-order chi connectivity index (χ1) is 18.7. The molecule has 1 amide bonds. The molecular formula is C27H29ClFN3O6S. The summed E-state index contributed by atoms with van der Waals surface area (Å²) in [7, 11) is 0. The SMILES string of the molecule is O=C(O)C=CC(=O)O.O=C1OCCN1CCN1CCN(C2Cc3cc(Cl)ccc3Sc3ccc(F)cc32)CC1. The van der Waals surface area contributed by atoms with Crippen LogP contribution in [0, 0.1) is 5.82 Å². The number of piperazine rings is 1. The van der Waals surface area contributed by atoms with Crippen molar-refractivity contribution in [2.24, 2.45) is 0 Å². The second kappa shape index (κ2) is 13.3. The van der Waals surface area contributed by atoms with Crippen molar-refractivity contribution in [3.05, 3.63) is 70.5 Å². The van der Waals surface area contributed by atoms with E-state index in [1.54, 1.807) is 28.8 Å². The molecule has 0 aliphatic carbocycles. The van der Waals surface area contributed by atoms with Crippen molar-refractivity contribution in [1.82, 2.24) is 14.7 Å². The van der Waals surface area contributed by atoms with Crippen molar-refractivity contribution in [3.63, 3.8) is 0 Å². The van der Waals surface area contributed by atoms with E-state index >= 15 is 0 Å². The lowest BCUT2D eigenvalue weighted by Gasteiger charge is -2.40. The van der Waals surface area contributed by atoms with Crippen molar-refractivity contribution in [1.29, 1.82) is 0 Å². The van der Waals surface area contributed by atoms with Crippen molar-refractivity contribution < 1.29 is 33.7 Å². The number of halogens is 2. The second-order valence-electron chi connectivity index (χ2n) is 9.25. The highest BCUT2D eigenvalue weighted by atomic mass is 35.5. The minimum atomic E-state index is -1.26. The summed E-state index contributed by atoms with van der Waals surface area (Å²) in [6.45, 7) is 6.42. The maximum Gasteiger partial charge on any atom is 0.409 e. The molecule has 3 aliphatic heterocycles. The molecule has 12 heteroatoms. The molecule has 0 aromatic heterocycles. The first kappa shape index (κ1) is 28.9. The second-order valence-corrected chi connectivity index (χ2v) is 10.8. The maximum absolute atomic E-state index is 14.2. The Bertz CT molecular complexity index is 1240. The molecule has 0 radical (unpaired) electrons. The predicted molar refractivity (Wildman–Crippen MR) is 144 cm³/mol. The minimum absolute atomic E-state index is 0.119. The van der Waals surface area contributed by atoms with Gasteiger partial charge in [0.15, 0.2) is 0 Å². The molecule has 1 atom stereocenters. The number of amides is 1. The monoisotopic (exact) mass is 577 g/mol. The zero-order valence-corrected chi connectivity index (χ0v) is 22.7. The van der Waals surface area contributed by atoms with Crippen LogP contribution in [-0.4, -0.2) is 95.4 Å². The normalized spacial score (nSPS) is 19.5. The maximum atomic E-state index is 14.2. The van der Waals surface area contributed by atoms with E-state index in [-0.39, 0.29) is 18.0 Å². The molecule has 39 heavy (non-hydrogen) atoms. The van der Waals surface area contributed by atoms with Crippen LogP contribution < -0.4 is 0 Å². The molecule has 2 aromatic rings. The van der Waals surface area contributed by atoms with Gasteiger partial charge in [0.1, 0.15) is 12.4 Å². The number of carbonyl (C=O) groups excluding carboxylic acids is 1. The number of benzene rings is 2. The number of hydrogen-bond donors (Lipinski definition) is 2. The molecule has 3 heterocycles. The Morgan fingerprint density at radius 2 is 1.69 bits per heavy atom. The Labute approximate surface area is 234 Å². The van der Waals surface area contributed by atoms with Gasteiger partial charge in [-0.15, -0.1) is 0 Å². The molecule has 2 aromatic carbocycles. The predicted octanol–water partition coefficient (Wildman–Crippen LogP) is 4.01. The van der Waals surface area contributed by atoms with Gasteiger partial charge in [-0.25, -0.2) is 18.8 Å². The average Bonchev–Trinajstić information content (AvgIpc) is 3.25. The summed E-state index contributed by atoms with van der Waals surface area (Å²) in [6, 6.07) is 11.3. The summed E-state index contributed by atoms with van der Waals surface area (Å²) in [5.74, 6) is -2.70. The third kappa shape index (κ3) is 7.95. The molecule has 3 aliphatic rings. The number of carbonyl (C=O) groups is 3. The van der Waals surface area contributed by atoms with E-state index in [1.165, 1.54) is 10.5 Å². The van der Waals surface area contributed by atoms with Crippen LogP contribution in [0.2, 0.25) is 5.02 Å². The molecule has 0 spiro atoms. The summed E-state index contributed by atoms with van der Waals surface area (Å²) in [5, 5.41) is 16.4. The van der Waals surface area contributed by atoms with Gasteiger partial charge < -0.3 is 19.8 Å². The lowest BCUT2D eigenvalue weighted by Crippen LogP contribution is -2.49. The van der Waals surface area contributed by atoms with E-state index in [2.05, 4.69) is 15.9 Å². The standard InChI is InChI=1S/C23H25ClFN3O2S.C4H4O4/c24-17-1-3-21-16(13-17)14-20(19-15-18(25)2-4-22(19)31-21)27-8-5-26(6-9-27)7-10-28-11-12-30-23(28)29;5-3(6)1-2-4(7)8/h1-4,13,15,20H,5-12,14H2;1-2H,(H,5,6)(H,7,8). The number of rotatable bonds is 6. The number of nitrogens with zero attached hydrogens (tertiary/aromatic N) is 3. The van der Waals surface area contributed by atoms with Crippen LogP contribution >= 0.6 is 23.4 Å². The quantitative estimate of drug-likeness (QED) is 0.492. The topological polar surface area (TPSA) is 111 Å². The van der Waals surface area contributed by atoms with Crippen LogP contribution in [0.5, 0.6) is 0 Å². The number of aliphatic carboxylic acids is 2. The fourth-order valence-corrected chi connectivity index (χ4v) is 6.06. The highest BCUT2D eigenvalue weighted by Crippen LogP contribution is 2.43. The molecule has 2 fully saturated rings. The molecule has 2 saturated heterocycles. The number of carboxylic acids is 2. The van der Waals surface area contributed by atoms with E-state index in [1.807, 2.05) is 18.2 Å². The van der Waals surface area contributed by atoms with Crippen LogP contribution in [-0.2, 0) is 20.7 Å². The summed E-state index contributed by atoms with van der Waals surface area (Å²) in [4.78, 5) is 39.7. The number of ether oxygens (including phenoxy) is 1. The van der Waals surface area contributed by atoms with Gasteiger partial charge >= 0.3 is 18.0 Å². The van der Waals surface area contributed by atoms with E-state index in [4.69, 9.17) is 26.6 Å². The third-order valence-corrected chi connectivity index (χ3v) is 8.18. The Balaban J connectivity index is 0.000000386. The molecule has 9 nitrogen and oxygen atoms in total. The minimum Gasteiger partial charge on any atom is -0.478 e. The smallest absolute Gasteiger partial charge is 0.409 e. The third-order valence-electron chi connectivity index (χ3n) is 6.73. The van der Waals surface area contributed by atoms with Gasteiger partial charge in [0.2, 0.25) is 0 Å². The van der Waals surface area contributed by atoms with Crippen LogP contribution in [0.15, 0.2) is 58.3 Å². The van der Waals surface area contributed by atoms with E-state index in [0.29, 0.717) is 31.8 Å². The summed E-state index contributed by atoms with van der Waals surface area (Å²) >= 11 is 7.99. The van der Waals surface area contributed by atoms with Crippen LogP contribution in [0.25, 0.3) is 0 Å². The first-order valence-corrected chi connectivity index (χ1v) is 13.7. The van der Waals surface area contributed by atoms with Gasteiger partial charge in [0, 0.05) is 72.3 Å². The Hall–Kier alpha value is -3.12. The summed E-state index contributed by atoms with van der Waals surface area (Å²) in [6.07, 6.45) is 1.73. The van der Waals surface area contributed by atoms with Crippen LogP contribution in [0.4, 0.5) is 9.18 Å². The molecule has 0 bridgehead atoms. The molecule has 0 saturated carbocycles. The van der Waals surface area contributed by atoms with Crippen molar-refractivity contribution in [2.75, 3.05) is 52.4 Å². The van der Waals surface area contributed by atoms with E-state index in [9.17, 15) is 18.8 Å². The summed E-state index contributed by atoms with van der Waals surface area (Å²) < 4.78 is 19.2. The number of cyclic esters (lactones) is 1. The molecule has 1 unspecified atom stereocenters. The van der Waals surface area contributed by atoms with Crippen LogP contribution in [0.3, 0.4) is 0 Å². The highest BCUT2D eigenvalue weighted by molar-refractivity contribution is 7.99.